The summed E-state index contributed by atoms with van der Waals surface area (Å²) >= 11 is 0. The summed E-state index contributed by atoms with van der Waals surface area (Å²) < 4.78 is 21.3. The summed E-state index contributed by atoms with van der Waals surface area (Å²) in [5.41, 5.74) is 10.7. The number of nitrogens with one attached hydrogen (secondary N) is 1. The number of rotatable bonds is 10. The van der Waals surface area contributed by atoms with Crippen LogP contribution < -0.4 is 35.7 Å². The minimum Gasteiger partial charge on any atom is -0.495 e. The number of hydrogen-bond acceptors (Lipinski definition) is 9. The second kappa shape index (κ2) is 10.5. The number of carboxylic acids is 1. The van der Waals surface area contributed by atoms with Crippen LogP contribution in [0, 0.1) is 0 Å². The third kappa shape index (κ3) is 5.89. The zero-order valence-electron chi connectivity index (χ0n) is 19.5. The van der Waals surface area contributed by atoms with E-state index in [4.69, 9.17) is 35.5 Å². The molecule has 6 N–H and O–H groups in total. The number of methoxy groups -OCH3 is 2. The number of allylic oxidation sites excluding steroid dienone is 1. The van der Waals surface area contributed by atoms with Crippen LogP contribution in [0.25, 0.3) is 6.08 Å². The Morgan fingerprint density at radius 2 is 1.83 bits per heavy atom. The molecular weight excluding hydrogens is 458 g/mol. The van der Waals surface area contributed by atoms with E-state index in [-0.39, 0.29) is 25.4 Å². The monoisotopic (exact) mass is 485 g/mol. The van der Waals surface area contributed by atoms with E-state index < -0.39 is 17.5 Å². The van der Waals surface area contributed by atoms with Crippen LogP contribution in [0.1, 0.15) is 35.7 Å². The lowest BCUT2D eigenvalue weighted by atomic mass is 10.0. The Balaban J connectivity index is 1.79. The van der Waals surface area contributed by atoms with Crippen molar-refractivity contribution in [3.63, 3.8) is 0 Å². The average Bonchev–Trinajstić information content (AvgIpc) is 3.30. The van der Waals surface area contributed by atoms with E-state index in [0.717, 1.165) is 0 Å². The number of carbonyl (C=O) groups is 3. The highest BCUT2D eigenvalue weighted by Crippen LogP contribution is 2.42. The number of fused-ring (bicyclic) bond motifs is 1. The topological polar surface area (TPSA) is 172 Å². The van der Waals surface area contributed by atoms with Crippen LogP contribution in [0.2, 0.25) is 0 Å². The predicted molar refractivity (Wildman–Crippen MR) is 127 cm³/mol. The molecule has 11 nitrogen and oxygen atoms in total. The normalized spacial score (nSPS) is 12.8. The summed E-state index contributed by atoms with van der Waals surface area (Å²) in [5, 5.41) is 11.7. The molecule has 35 heavy (non-hydrogen) atoms. The maximum absolute atomic E-state index is 13.1. The molecule has 0 radical (unpaired) electrons. The van der Waals surface area contributed by atoms with Crippen molar-refractivity contribution in [1.82, 2.24) is 0 Å². The number of ether oxygens (including phenoxy) is 4. The number of benzene rings is 2. The van der Waals surface area contributed by atoms with Gasteiger partial charge in [0.25, 0.3) is 0 Å². The molecule has 0 fully saturated rings. The molecule has 1 aliphatic heterocycles. The first-order valence-corrected chi connectivity index (χ1v) is 10.6. The predicted octanol–water partition coefficient (Wildman–Crippen LogP) is 2.14. The van der Waals surface area contributed by atoms with Crippen molar-refractivity contribution >= 4 is 29.4 Å². The lowest BCUT2D eigenvalue weighted by Gasteiger charge is -2.18. The molecule has 0 aromatic heterocycles. The van der Waals surface area contributed by atoms with Crippen LogP contribution in [0.5, 0.6) is 23.0 Å². The van der Waals surface area contributed by atoms with Crippen molar-refractivity contribution in [2.75, 3.05) is 26.3 Å². The third-order valence-electron chi connectivity index (χ3n) is 5.32. The molecule has 1 heterocycles. The Morgan fingerprint density at radius 3 is 2.49 bits per heavy atom. The van der Waals surface area contributed by atoms with Gasteiger partial charge in [0.15, 0.2) is 22.9 Å². The Bertz CT molecular complexity index is 1190. The molecule has 0 unspecified atom stereocenters. The number of hydrogen-bond donors (Lipinski definition) is 4. The number of ketones is 1. The van der Waals surface area contributed by atoms with E-state index in [1.807, 2.05) is 0 Å². The number of Topliss-reactive ketones (excluding diaryl/α,β-unsaturated/α-hetero) is 1. The van der Waals surface area contributed by atoms with E-state index in [1.165, 1.54) is 14.2 Å². The second-order valence-electron chi connectivity index (χ2n) is 7.92. The number of carboxylic acid groups (broad SMARTS) is 1. The van der Waals surface area contributed by atoms with Gasteiger partial charge in [-0.05, 0) is 54.8 Å². The van der Waals surface area contributed by atoms with Gasteiger partial charge in [0, 0.05) is 12.0 Å². The van der Waals surface area contributed by atoms with E-state index in [2.05, 4.69) is 5.32 Å². The molecule has 0 bridgehead atoms. The van der Waals surface area contributed by atoms with Crippen molar-refractivity contribution in [3.8, 4) is 23.0 Å². The lowest BCUT2D eigenvalue weighted by molar-refractivity contribution is -0.143. The highest BCUT2D eigenvalue weighted by atomic mass is 16.7. The maximum atomic E-state index is 13.1. The van der Waals surface area contributed by atoms with Crippen LogP contribution in [-0.2, 0) is 9.59 Å². The Kier molecular flexibility index (Phi) is 7.62. The quantitative estimate of drug-likeness (QED) is 0.222. The summed E-state index contributed by atoms with van der Waals surface area (Å²) in [4.78, 5) is 36.4. The molecule has 0 aliphatic carbocycles. The van der Waals surface area contributed by atoms with Gasteiger partial charge < -0.3 is 40.8 Å². The summed E-state index contributed by atoms with van der Waals surface area (Å²) in [6.07, 6.45) is 1.18. The van der Waals surface area contributed by atoms with Gasteiger partial charge in [-0.25, -0.2) is 4.79 Å². The van der Waals surface area contributed by atoms with Gasteiger partial charge in [0.1, 0.15) is 5.75 Å². The van der Waals surface area contributed by atoms with Gasteiger partial charge in [-0.1, -0.05) is 6.07 Å². The minimum atomic E-state index is -2.01. The molecule has 0 saturated heterocycles. The zero-order chi connectivity index (χ0) is 25.8. The lowest BCUT2D eigenvalue weighted by Crippen LogP contribution is -2.56. The molecule has 0 spiro atoms. The molecule has 1 amide bonds. The standard InChI is InChI=1S/C24H27N3O8/c1-13(21(29)15-10-18(33-3)22-19(11-15)34-12-35-22)8-14-4-5-17(32-2)16(9-14)27-20(28)6-7-24(25,26)23(30)31/h4-5,8-11H,6-7,12,25-26H2,1-3H3,(H,27,28)(H,30,31). The van der Waals surface area contributed by atoms with Gasteiger partial charge >= 0.3 is 5.97 Å². The van der Waals surface area contributed by atoms with Gasteiger partial charge in [0.2, 0.25) is 18.4 Å². The first-order valence-electron chi connectivity index (χ1n) is 10.6. The smallest absolute Gasteiger partial charge is 0.338 e. The highest BCUT2D eigenvalue weighted by Gasteiger charge is 2.29. The number of carbonyl (C=O) groups excluding carboxylic acids is 2. The fourth-order valence-corrected chi connectivity index (χ4v) is 3.36. The van der Waals surface area contributed by atoms with E-state index in [9.17, 15) is 14.4 Å². The second-order valence-corrected chi connectivity index (χ2v) is 7.92. The van der Waals surface area contributed by atoms with Crippen LogP contribution in [-0.4, -0.2) is 49.4 Å². The van der Waals surface area contributed by atoms with Crippen LogP contribution in [0.4, 0.5) is 5.69 Å². The SMILES string of the molecule is COc1ccc(C=C(C)C(=O)c2cc(OC)c3c(c2)OCO3)cc1NC(=O)CCC(N)(N)C(=O)O. The number of nitrogens with two attached hydrogens (primary N) is 2. The molecule has 0 saturated carbocycles. The first-order chi connectivity index (χ1) is 16.6. The van der Waals surface area contributed by atoms with Gasteiger partial charge in [-0.3, -0.25) is 9.59 Å². The molecule has 11 heteroatoms. The fraction of sp³-hybridized carbons (Fsp3) is 0.292. The average molecular weight is 485 g/mol. The van der Waals surface area contributed by atoms with Gasteiger partial charge in [-0.15, -0.1) is 0 Å². The molecular formula is C24H27N3O8. The third-order valence-corrected chi connectivity index (χ3v) is 5.32. The maximum Gasteiger partial charge on any atom is 0.338 e. The van der Waals surface area contributed by atoms with Crippen molar-refractivity contribution in [2.45, 2.75) is 25.4 Å². The molecule has 0 atom stereocenters. The van der Waals surface area contributed by atoms with Crippen LogP contribution in [0.15, 0.2) is 35.9 Å². The summed E-state index contributed by atoms with van der Waals surface area (Å²) in [7, 11) is 2.92. The van der Waals surface area contributed by atoms with Crippen molar-refractivity contribution in [1.29, 1.82) is 0 Å². The molecule has 2 aromatic carbocycles. The largest absolute Gasteiger partial charge is 0.495 e. The molecule has 2 aromatic rings. The Labute approximate surface area is 201 Å². The number of amides is 1. The van der Waals surface area contributed by atoms with Gasteiger partial charge in [0.05, 0.1) is 19.9 Å². The Hall–Kier alpha value is -4.09. The zero-order valence-corrected chi connectivity index (χ0v) is 19.5. The van der Waals surface area contributed by atoms with E-state index >= 15 is 0 Å². The first kappa shape index (κ1) is 25.5. The van der Waals surface area contributed by atoms with E-state index in [1.54, 1.807) is 43.3 Å². The highest BCUT2D eigenvalue weighted by molar-refractivity contribution is 6.11. The van der Waals surface area contributed by atoms with Crippen LogP contribution >= 0.6 is 0 Å². The molecule has 3 rings (SSSR count). The van der Waals surface area contributed by atoms with Crippen molar-refractivity contribution in [2.24, 2.45) is 11.5 Å². The summed E-state index contributed by atoms with van der Waals surface area (Å²) in [6.45, 7) is 1.71. The van der Waals surface area contributed by atoms with Gasteiger partial charge in [-0.2, -0.15) is 0 Å². The molecule has 1 aliphatic rings. The summed E-state index contributed by atoms with van der Waals surface area (Å²) in [6, 6.07) is 8.16. The fourth-order valence-electron chi connectivity index (χ4n) is 3.36. The van der Waals surface area contributed by atoms with E-state index in [0.29, 0.717) is 45.4 Å². The van der Waals surface area contributed by atoms with Crippen molar-refractivity contribution < 1.29 is 38.4 Å². The summed E-state index contributed by atoms with van der Waals surface area (Å²) in [5.74, 6) is -0.499. The minimum absolute atomic E-state index is 0.0480. The molecule has 186 valence electrons. The number of aliphatic carboxylic acids is 1. The van der Waals surface area contributed by atoms with Crippen LogP contribution in [0.3, 0.4) is 0 Å². The Morgan fingerprint density at radius 1 is 1.11 bits per heavy atom. The number of anilines is 1. The van der Waals surface area contributed by atoms with Crippen molar-refractivity contribution in [3.05, 3.63) is 47.0 Å².